The fraction of sp³-hybridized carbons (Fsp3) is 0.192. The lowest BCUT2D eigenvalue weighted by atomic mass is 9.77. The highest BCUT2D eigenvalue weighted by Gasteiger charge is 2.26. The molecule has 120 heavy (non-hydrogen) atoms. The SMILES string of the molecule is Brc1cnc2[nH]ccc2c1.CCCCS(=O)(=O)Nc1cccc(C(=O)O)c1F.CCCS(=O)(=O)Nc1cccc(C(=O)Cl)c1.CCCS(=O)(=O)Nc1cccc(C(=O)c2c[nH]c3ncc(-c4ccc(F)cc4C)cc23)c1F.CCCS(=O)(=O)Nc1cccc(C(=O)c2c[nH]c3ncc(Br)cc23)c1F.Cc1cc(F)ccc1B(O)O.O=C(Cl)C(=O)Cl. The molecule has 0 aliphatic heterocycles. The van der Waals surface area contributed by atoms with E-state index in [-0.39, 0.29) is 79.5 Å². The van der Waals surface area contributed by atoms with Gasteiger partial charge in [-0.1, -0.05) is 70.5 Å². The van der Waals surface area contributed by atoms with Crippen LogP contribution in [0.2, 0.25) is 0 Å². The molecule has 0 saturated carbocycles. The number of carbonyl (C=O) groups excluding carboxylic acids is 5. The number of halogens is 10. The van der Waals surface area contributed by atoms with Gasteiger partial charge in [-0.15, -0.1) is 0 Å². The highest BCUT2D eigenvalue weighted by molar-refractivity contribution is 9.10. The van der Waals surface area contributed by atoms with Crippen molar-refractivity contribution in [1.29, 1.82) is 0 Å². The van der Waals surface area contributed by atoms with E-state index in [1.165, 1.54) is 103 Å². The normalized spacial score (nSPS) is 11.1. The number of H-pyrrole nitrogens is 3. The summed E-state index contributed by atoms with van der Waals surface area (Å²) in [5, 5.41) is 25.4. The third-order valence-corrected chi connectivity index (χ3v) is 23.4. The number of hydrogen-bond acceptors (Lipinski definition) is 19. The van der Waals surface area contributed by atoms with Gasteiger partial charge in [0.05, 0.1) is 56.8 Å². The summed E-state index contributed by atoms with van der Waals surface area (Å²) in [5.74, 6) is -6.66. The quantitative estimate of drug-likeness (QED) is 0.00791. The minimum absolute atomic E-state index is 0.0477. The van der Waals surface area contributed by atoms with Gasteiger partial charge in [-0.05, 0) is 231 Å². The van der Waals surface area contributed by atoms with Gasteiger partial charge in [0.1, 0.15) is 28.6 Å². The molecular weight excluding hydrogens is 1850 g/mol. The molecule has 0 aliphatic carbocycles. The number of nitrogens with zero attached hydrogens (tertiary/aromatic N) is 3. The largest absolute Gasteiger partial charge is 0.488 e. The Balaban J connectivity index is 0.000000230. The van der Waals surface area contributed by atoms with E-state index in [1.807, 2.05) is 25.3 Å². The molecule has 0 aliphatic rings. The van der Waals surface area contributed by atoms with Gasteiger partial charge in [-0.3, -0.25) is 42.9 Å². The Morgan fingerprint density at radius 2 is 0.900 bits per heavy atom. The average Bonchev–Trinajstić information content (AvgIpc) is 1.60. The molecule has 6 heterocycles. The summed E-state index contributed by atoms with van der Waals surface area (Å²) in [7, 11) is -15.9. The van der Waals surface area contributed by atoms with Gasteiger partial charge in [-0.25, -0.2) is 75.4 Å². The molecule has 42 heteroatoms. The molecule has 0 amide bonds. The highest BCUT2D eigenvalue weighted by atomic mass is 79.9. The van der Waals surface area contributed by atoms with E-state index in [0.29, 0.717) is 86.5 Å². The second-order valence-electron chi connectivity index (χ2n) is 25.4. The predicted molar refractivity (Wildman–Crippen MR) is 462 cm³/mol. The number of fused-ring (bicyclic) bond motifs is 3. The Kier molecular flexibility index (Phi) is 37.2. The first kappa shape index (κ1) is 98.5. The highest BCUT2D eigenvalue weighted by Crippen LogP contribution is 2.32. The monoisotopic (exact) mass is 1920 g/mol. The maximum Gasteiger partial charge on any atom is 0.488 e. The van der Waals surface area contributed by atoms with Crippen molar-refractivity contribution in [3.63, 3.8) is 0 Å². The summed E-state index contributed by atoms with van der Waals surface area (Å²) in [6.45, 7) is 10.4. The molecule has 10 N–H and O–H groups in total. The Labute approximate surface area is 718 Å². The van der Waals surface area contributed by atoms with Crippen LogP contribution in [0.5, 0.6) is 0 Å². The molecule has 12 rings (SSSR count). The van der Waals surface area contributed by atoms with Crippen LogP contribution in [-0.2, 0) is 49.7 Å². The van der Waals surface area contributed by atoms with Crippen LogP contribution in [-0.4, -0.2) is 142 Å². The number of carbonyl (C=O) groups is 6. The topological polar surface area (TPSA) is 434 Å². The summed E-state index contributed by atoms with van der Waals surface area (Å²) in [6.07, 6.45) is 12.2. The van der Waals surface area contributed by atoms with Crippen molar-refractivity contribution in [2.45, 2.75) is 73.6 Å². The smallest absolute Gasteiger partial charge is 0.478 e. The first-order valence-corrected chi connectivity index (χ1v) is 44.7. The molecule has 12 aromatic rings. The number of unbranched alkanes of at least 4 members (excludes halogenated alkanes) is 1. The molecule has 0 radical (unpaired) electrons. The van der Waals surface area contributed by atoms with E-state index < -0.39 is 103 Å². The number of ketones is 2. The molecule has 0 atom stereocenters. The molecule has 0 saturated heterocycles. The van der Waals surface area contributed by atoms with Crippen molar-refractivity contribution >= 4 is 208 Å². The second kappa shape index (κ2) is 45.4. The molecular formula is C78H75BBr2Cl3F5N10O17S4. The van der Waals surface area contributed by atoms with Gasteiger partial charge in [0, 0.05) is 90.2 Å². The summed E-state index contributed by atoms with van der Waals surface area (Å²) in [4.78, 5) is 87.9. The molecule has 636 valence electrons. The number of aromatic carboxylic acids is 1. The van der Waals surface area contributed by atoms with Crippen molar-refractivity contribution in [3.8, 4) is 11.1 Å². The van der Waals surface area contributed by atoms with Gasteiger partial charge < -0.3 is 30.1 Å². The number of pyridine rings is 3. The van der Waals surface area contributed by atoms with Gasteiger partial charge in [-0.2, -0.15) is 0 Å². The van der Waals surface area contributed by atoms with Gasteiger partial charge >= 0.3 is 23.6 Å². The zero-order valence-corrected chi connectivity index (χ0v) is 72.7. The first-order valence-electron chi connectivity index (χ1n) is 35.4. The maximum absolute atomic E-state index is 15.1. The minimum Gasteiger partial charge on any atom is -0.478 e. The fourth-order valence-corrected chi connectivity index (χ4v) is 16.1. The van der Waals surface area contributed by atoms with E-state index in [1.54, 1.807) is 83.5 Å². The number of benzene rings is 6. The van der Waals surface area contributed by atoms with Gasteiger partial charge in [0.2, 0.25) is 40.1 Å². The number of aryl methyl sites for hydroxylation is 2. The third kappa shape index (κ3) is 29.5. The van der Waals surface area contributed by atoms with Crippen LogP contribution in [0.3, 0.4) is 0 Å². The first-order chi connectivity index (χ1) is 56.4. The average molecular weight is 1920 g/mol. The molecule has 0 unspecified atom stereocenters. The number of sulfonamides is 4. The van der Waals surface area contributed by atoms with Crippen LogP contribution in [0.1, 0.15) is 123 Å². The predicted octanol–water partition coefficient (Wildman–Crippen LogP) is 16.0. The number of hydrogen-bond donors (Lipinski definition) is 10. The number of carboxylic acids is 1. The maximum atomic E-state index is 15.1. The van der Waals surface area contributed by atoms with E-state index in [4.69, 9.17) is 26.8 Å². The number of aromatic amines is 3. The van der Waals surface area contributed by atoms with Gasteiger partial charge in [0.25, 0.3) is 5.24 Å². The lowest BCUT2D eigenvalue weighted by Gasteiger charge is -2.10. The van der Waals surface area contributed by atoms with E-state index in [9.17, 15) is 80.0 Å². The molecule has 0 bridgehead atoms. The van der Waals surface area contributed by atoms with Gasteiger partial charge in [0.15, 0.2) is 29.0 Å². The fourth-order valence-electron chi connectivity index (χ4n) is 10.7. The van der Waals surface area contributed by atoms with Crippen LogP contribution in [0.4, 0.5) is 44.7 Å². The number of anilines is 4. The third-order valence-electron chi connectivity index (χ3n) is 16.1. The lowest BCUT2D eigenvalue weighted by molar-refractivity contribution is -0.127. The van der Waals surface area contributed by atoms with Crippen LogP contribution < -0.4 is 24.4 Å². The Morgan fingerprint density at radius 3 is 1.36 bits per heavy atom. The summed E-state index contributed by atoms with van der Waals surface area (Å²) in [5.41, 5.74) is 4.00. The van der Waals surface area contributed by atoms with Crippen LogP contribution in [0.15, 0.2) is 186 Å². The number of nitrogens with one attached hydrogen (secondary N) is 7. The standard InChI is InChI=1S/C24H21F2N3O3S.C17H15BrFN3O3S.C11H14FNO4S.C10H12ClNO3S.C7H8BFO2.C7H5BrN2.C2Cl2O2/c1-3-9-33(31,32)29-21-6-4-5-18(22(21)26)23(30)20-13-28-24-19(20)11-15(12-27-24)17-8-7-16(25)10-14(17)2;1-2-6-26(24,25)22-14-5-3-4-11(15(14)19)16(23)13-9-21-17-12(13)7-10(18)8-20-17;1-2-3-7-18(16,17)13-9-6-4-5-8(10(9)12)11(14)15;1-2-6-16(14,15)12-9-5-3-4-8(7-9)10(11)13;1-5-4-6(9)2-3-7(5)8(10)11;8-6-3-5-1-2-9-7(5)10-4-6;3-1(5)2(4)6/h4-8,10-13,29H,3,9H2,1-2H3,(H,27,28);3-5,7-9,22H,2,6H2,1H3,(H,20,21);4-6,13H,2-3,7H2,1H3,(H,14,15);3-5,7,12H,2,6H2,1H3;2-4,10-11H,1H3;1-4H,(H,9,10);. The van der Waals surface area contributed by atoms with E-state index in [0.717, 1.165) is 27.1 Å². The van der Waals surface area contributed by atoms with Crippen molar-refractivity contribution < 1.29 is 99.5 Å². The zero-order valence-electron chi connectivity index (χ0n) is 64.0. The summed E-state index contributed by atoms with van der Waals surface area (Å²) in [6, 6.07) is 33.3. The van der Waals surface area contributed by atoms with E-state index in [2.05, 4.69) is 104 Å². The molecule has 27 nitrogen and oxygen atoms in total. The minimum atomic E-state index is -3.73. The summed E-state index contributed by atoms with van der Waals surface area (Å²) < 4.78 is 174. The Bertz CT molecular complexity index is 6210. The summed E-state index contributed by atoms with van der Waals surface area (Å²) >= 11 is 20.9. The Hall–Kier alpha value is -10.3. The van der Waals surface area contributed by atoms with Crippen molar-refractivity contribution in [2.24, 2.45) is 0 Å². The van der Waals surface area contributed by atoms with E-state index >= 15 is 4.39 Å². The Morgan fingerprint density at radius 1 is 0.467 bits per heavy atom. The molecule has 6 aromatic heterocycles. The molecule has 0 fully saturated rings. The zero-order chi connectivity index (χ0) is 89.1. The second-order valence-corrected chi connectivity index (χ2v) is 35.6. The van der Waals surface area contributed by atoms with Crippen molar-refractivity contribution in [1.82, 2.24) is 29.9 Å². The lowest BCUT2D eigenvalue weighted by Crippen LogP contribution is -2.31. The molecule has 6 aromatic carbocycles. The molecule has 0 spiro atoms. The van der Waals surface area contributed by atoms with Crippen LogP contribution in [0, 0.1) is 42.9 Å². The van der Waals surface area contributed by atoms with Crippen molar-refractivity contribution in [2.75, 3.05) is 41.9 Å². The number of rotatable bonds is 26. The van der Waals surface area contributed by atoms with Crippen LogP contribution >= 0.6 is 66.7 Å². The van der Waals surface area contributed by atoms with Crippen LogP contribution in [0.25, 0.3) is 44.2 Å². The van der Waals surface area contributed by atoms with Crippen molar-refractivity contribution in [3.05, 3.63) is 259 Å². The number of carboxylic acid groups (broad SMARTS) is 1. The number of aromatic nitrogens is 6.